The Morgan fingerprint density at radius 2 is 1.40 bits per heavy atom. The molecule has 2 aromatic carbocycles. The fraction of sp³-hybridized carbons (Fsp3) is 0.519. The monoisotopic (exact) mass is 404 g/mol. The third kappa shape index (κ3) is 3.92. The van der Waals surface area contributed by atoms with Gasteiger partial charge in [-0.25, -0.2) is 0 Å². The largest absolute Gasteiger partial charge is 0.339 e. The molecule has 3 heteroatoms. The summed E-state index contributed by atoms with van der Waals surface area (Å²) in [6.07, 6.45) is 6.39. The van der Waals surface area contributed by atoms with Crippen molar-refractivity contribution in [1.82, 2.24) is 9.80 Å². The van der Waals surface area contributed by atoms with Crippen molar-refractivity contribution in [1.29, 1.82) is 0 Å². The van der Waals surface area contributed by atoms with Crippen molar-refractivity contribution in [3.8, 4) is 0 Å². The Morgan fingerprint density at radius 1 is 0.867 bits per heavy atom. The molecule has 0 bridgehead atoms. The molecular formula is C27H36N2O. The first-order valence-electron chi connectivity index (χ1n) is 11.8. The Bertz CT molecular complexity index is 770. The van der Waals surface area contributed by atoms with Crippen molar-refractivity contribution in [3.63, 3.8) is 0 Å². The predicted octanol–water partition coefficient (Wildman–Crippen LogP) is 5.11. The number of nitrogens with zero attached hydrogens (tertiary/aromatic N) is 2. The van der Waals surface area contributed by atoms with E-state index in [1.807, 2.05) is 12.1 Å². The zero-order valence-corrected chi connectivity index (χ0v) is 18.6. The average molecular weight is 405 g/mol. The van der Waals surface area contributed by atoms with Crippen molar-refractivity contribution in [2.24, 2.45) is 5.92 Å². The van der Waals surface area contributed by atoms with Crippen LogP contribution in [0.1, 0.15) is 57.1 Å². The number of benzene rings is 2. The van der Waals surface area contributed by atoms with Crippen LogP contribution in [0.15, 0.2) is 60.7 Å². The van der Waals surface area contributed by atoms with Gasteiger partial charge in [0.2, 0.25) is 5.91 Å². The highest BCUT2D eigenvalue weighted by molar-refractivity contribution is 5.95. The number of amides is 1. The zero-order chi connectivity index (χ0) is 21.0. The lowest BCUT2D eigenvalue weighted by Gasteiger charge is -2.35. The van der Waals surface area contributed by atoms with E-state index in [-0.39, 0.29) is 17.9 Å². The quantitative estimate of drug-likeness (QED) is 0.668. The first kappa shape index (κ1) is 21.1. The third-order valence-corrected chi connectivity index (χ3v) is 7.20. The van der Waals surface area contributed by atoms with Gasteiger partial charge in [0, 0.05) is 18.5 Å². The molecule has 4 rings (SSSR count). The van der Waals surface area contributed by atoms with Crippen molar-refractivity contribution in [3.05, 3.63) is 71.8 Å². The molecular weight excluding hydrogens is 368 g/mol. The second-order valence-corrected chi connectivity index (χ2v) is 9.33. The number of hydrogen-bond donors (Lipinski definition) is 0. The summed E-state index contributed by atoms with van der Waals surface area (Å²) in [6.45, 7) is 8.64. The first-order valence-corrected chi connectivity index (χ1v) is 11.8. The number of carbonyl (C=O) groups is 1. The number of likely N-dealkylation sites (tertiary alicyclic amines) is 2. The highest BCUT2D eigenvalue weighted by Crippen LogP contribution is 2.48. The van der Waals surface area contributed by atoms with Gasteiger partial charge < -0.3 is 9.80 Å². The second-order valence-electron chi connectivity index (χ2n) is 9.33. The minimum absolute atomic E-state index is 0.215. The van der Waals surface area contributed by atoms with Crippen molar-refractivity contribution in [2.45, 2.75) is 57.4 Å². The molecule has 30 heavy (non-hydrogen) atoms. The van der Waals surface area contributed by atoms with E-state index in [1.54, 1.807) is 0 Å². The van der Waals surface area contributed by atoms with E-state index in [2.05, 4.69) is 72.2 Å². The molecule has 2 fully saturated rings. The highest BCUT2D eigenvalue weighted by atomic mass is 16.2. The van der Waals surface area contributed by atoms with Crippen LogP contribution < -0.4 is 0 Å². The molecule has 0 radical (unpaired) electrons. The maximum Gasteiger partial charge on any atom is 0.238 e. The van der Waals surface area contributed by atoms with Crippen LogP contribution in [0, 0.1) is 5.92 Å². The molecule has 0 spiro atoms. The molecule has 160 valence electrons. The molecule has 1 atom stereocenters. The van der Waals surface area contributed by atoms with Gasteiger partial charge in [-0.15, -0.1) is 0 Å². The molecule has 0 aromatic heterocycles. The van der Waals surface area contributed by atoms with Gasteiger partial charge in [-0.1, -0.05) is 73.5 Å². The summed E-state index contributed by atoms with van der Waals surface area (Å²) in [4.78, 5) is 18.9. The summed E-state index contributed by atoms with van der Waals surface area (Å²) in [5.74, 6) is 0.552. The topological polar surface area (TPSA) is 23.6 Å². The first-order chi connectivity index (χ1) is 14.6. The summed E-state index contributed by atoms with van der Waals surface area (Å²) in [5, 5.41) is 0. The molecule has 2 aromatic rings. The van der Waals surface area contributed by atoms with E-state index in [9.17, 15) is 4.79 Å². The van der Waals surface area contributed by atoms with E-state index in [0.717, 1.165) is 30.6 Å². The van der Waals surface area contributed by atoms with Crippen LogP contribution in [0.3, 0.4) is 0 Å². The van der Waals surface area contributed by atoms with Gasteiger partial charge in [-0.2, -0.15) is 0 Å². The summed E-state index contributed by atoms with van der Waals surface area (Å²) in [5.41, 5.74) is 1.70. The molecule has 0 N–H and O–H groups in total. The molecule has 2 heterocycles. The van der Waals surface area contributed by atoms with Crippen molar-refractivity contribution in [2.75, 3.05) is 26.2 Å². The second kappa shape index (κ2) is 9.34. The van der Waals surface area contributed by atoms with E-state index in [1.165, 1.54) is 38.8 Å². The van der Waals surface area contributed by atoms with E-state index in [4.69, 9.17) is 0 Å². The van der Waals surface area contributed by atoms with Crippen LogP contribution >= 0.6 is 0 Å². The average Bonchev–Trinajstić information content (AvgIpc) is 2.91. The van der Waals surface area contributed by atoms with Crippen molar-refractivity contribution < 1.29 is 4.79 Å². The smallest absolute Gasteiger partial charge is 0.238 e. The van der Waals surface area contributed by atoms with E-state index < -0.39 is 5.41 Å². The van der Waals surface area contributed by atoms with Crippen LogP contribution in [0.25, 0.3) is 0 Å². The minimum Gasteiger partial charge on any atom is -0.339 e. The lowest BCUT2D eigenvalue weighted by Crippen LogP contribution is -2.44. The Hall–Kier alpha value is -2.13. The Morgan fingerprint density at radius 3 is 1.90 bits per heavy atom. The predicted molar refractivity (Wildman–Crippen MR) is 124 cm³/mol. The molecule has 2 aliphatic heterocycles. The number of rotatable bonds is 6. The fourth-order valence-corrected chi connectivity index (χ4v) is 5.60. The highest BCUT2D eigenvalue weighted by Gasteiger charge is 2.56. The molecule has 2 aliphatic rings. The Balaban J connectivity index is 1.74. The summed E-state index contributed by atoms with van der Waals surface area (Å²) < 4.78 is 0. The number of hydrogen-bond acceptors (Lipinski definition) is 2. The van der Waals surface area contributed by atoms with Gasteiger partial charge in [-0.05, 0) is 63.9 Å². The lowest BCUT2D eigenvalue weighted by molar-refractivity contribution is -0.132. The van der Waals surface area contributed by atoms with Crippen LogP contribution in [0.4, 0.5) is 0 Å². The third-order valence-electron chi connectivity index (χ3n) is 7.20. The van der Waals surface area contributed by atoms with Gasteiger partial charge in [0.05, 0.1) is 0 Å². The summed E-state index contributed by atoms with van der Waals surface area (Å²) >= 11 is 0. The molecule has 1 amide bonds. The van der Waals surface area contributed by atoms with Crippen LogP contribution in [0.5, 0.6) is 0 Å². The van der Waals surface area contributed by atoms with Crippen LogP contribution in [-0.2, 0) is 10.2 Å². The van der Waals surface area contributed by atoms with Gasteiger partial charge in [0.15, 0.2) is 0 Å². The zero-order valence-electron chi connectivity index (χ0n) is 18.6. The normalized spacial score (nSPS) is 22.4. The summed E-state index contributed by atoms with van der Waals surface area (Å²) in [7, 11) is 0. The number of carbonyl (C=O) groups excluding carboxylic acids is 1. The van der Waals surface area contributed by atoms with Gasteiger partial charge in [0.1, 0.15) is 5.41 Å². The molecule has 0 unspecified atom stereocenters. The lowest BCUT2D eigenvalue weighted by atomic mass is 9.66. The fourth-order valence-electron chi connectivity index (χ4n) is 5.60. The van der Waals surface area contributed by atoms with Crippen LogP contribution in [0.2, 0.25) is 0 Å². The maximum absolute atomic E-state index is 14.1. The van der Waals surface area contributed by atoms with Crippen molar-refractivity contribution >= 4 is 5.91 Å². The van der Waals surface area contributed by atoms with Gasteiger partial charge >= 0.3 is 0 Å². The Labute approximate surface area is 182 Å². The van der Waals surface area contributed by atoms with Crippen LogP contribution in [-0.4, -0.2) is 47.9 Å². The Kier molecular flexibility index (Phi) is 6.58. The van der Waals surface area contributed by atoms with Gasteiger partial charge in [-0.3, -0.25) is 4.79 Å². The molecule has 2 saturated heterocycles. The molecule has 0 aliphatic carbocycles. The molecule has 0 saturated carbocycles. The SMILES string of the molecule is CC(C)N1C[C@@H](CCN2CCCCCC2)C(c2ccccc2)(c2ccccc2)C1=O. The minimum atomic E-state index is -0.585. The standard InChI is InChI=1S/C27H36N2O/c1-22(2)29-21-25(17-20-28-18-11-3-4-12-19-28)27(26(29)30,23-13-7-5-8-14-23)24-15-9-6-10-16-24/h5-10,13-16,22,25H,3-4,11-12,17-21H2,1-2H3/t25-/m1/s1. The van der Waals surface area contributed by atoms with E-state index in [0.29, 0.717) is 0 Å². The van der Waals surface area contributed by atoms with E-state index >= 15 is 0 Å². The maximum atomic E-state index is 14.1. The molecule has 3 nitrogen and oxygen atoms in total. The van der Waals surface area contributed by atoms with Gasteiger partial charge in [0.25, 0.3) is 0 Å². The summed E-state index contributed by atoms with van der Waals surface area (Å²) in [6, 6.07) is 21.3.